The smallest absolute Gasteiger partial charge is 0.0901 e. The van der Waals surface area contributed by atoms with Gasteiger partial charge in [0, 0.05) is 0 Å². The van der Waals surface area contributed by atoms with Crippen molar-refractivity contribution in [2.24, 2.45) is 11.8 Å². The predicted octanol–water partition coefficient (Wildman–Crippen LogP) is 6.41. The van der Waals surface area contributed by atoms with Crippen LogP contribution in [-0.2, 0) is 0 Å². The van der Waals surface area contributed by atoms with Gasteiger partial charge in [0.15, 0.2) is 0 Å². The highest BCUT2D eigenvalue weighted by molar-refractivity contribution is 5.34. The van der Waals surface area contributed by atoms with Gasteiger partial charge in [-0.2, -0.15) is 0 Å². The van der Waals surface area contributed by atoms with Crippen LogP contribution in [0.2, 0.25) is 0 Å². The van der Waals surface area contributed by atoms with E-state index in [1.165, 1.54) is 51.0 Å². The van der Waals surface area contributed by atoms with Gasteiger partial charge in [-0.05, 0) is 54.7 Å². The van der Waals surface area contributed by atoms with Crippen molar-refractivity contribution in [3.05, 3.63) is 36.0 Å². The molecule has 20 heavy (non-hydrogen) atoms. The van der Waals surface area contributed by atoms with Crippen LogP contribution in [0.3, 0.4) is 0 Å². The molecule has 2 heteroatoms. The Kier molecular flexibility index (Phi) is 6.49. The molecule has 2 saturated carbocycles. The largest absolute Gasteiger partial charge is 0.216 e. The maximum absolute atomic E-state index is 13.0. The van der Waals surface area contributed by atoms with Crippen molar-refractivity contribution in [3.8, 4) is 0 Å². The average molecular weight is 280 g/mol. The van der Waals surface area contributed by atoms with Crippen molar-refractivity contribution < 1.29 is 8.78 Å². The Morgan fingerprint density at radius 3 is 2.35 bits per heavy atom. The third-order valence-electron chi connectivity index (χ3n) is 4.95. The first-order valence-electron chi connectivity index (χ1n) is 8.09. The van der Waals surface area contributed by atoms with Gasteiger partial charge in [0.1, 0.15) is 0 Å². The van der Waals surface area contributed by atoms with Crippen LogP contribution in [0.1, 0.15) is 64.2 Å². The summed E-state index contributed by atoms with van der Waals surface area (Å²) in [5.41, 5.74) is 1.75. The molecule has 0 heterocycles. The quantitative estimate of drug-likeness (QED) is 0.558. The zero-order valence-electron chi connectivity index (χ0n) is 12.3. The number of allylic oxidation sites excluding steroid dienone is 4. The molecule has 0 spiro atoms. The van der Waals surface area contributed by atoms with E-state index in [9.17, 15) is 8.78 Å². The number of rotatable bonds is 4. The first kappa shape index (κ1) is 15.5. The van der Waals surface area contributed by atoms with Gasteiger partial charge in [-0.25, -0.2) is 8.78 Å². The molecule has 0 radical (unpaired) electrons. The summed E-state index contributed by atoms with van der Waals surface area (Å²) >= 11 is 0. The molecule has 0 aromatic carbocycles. The van der Waals surface area contributed by atoms with E-state index in [1.54, 1.807) is 6.08 Å². The van der Waals surface area contributed by atoms with E-state index in [0.717, 1.165) is 42.7 Å². The van der Waals surface area contributed by atoms with Crippen molar-refractivity contribution in [2.75, 3.05) is 0 Å². The van der Waals surface area contributed by atoms with Crippen molar-refractivity contribution in [3.63, 3.8) is 0 Å². The fraction of sp³-hybridized carbons (Fsp3) is 0.667. The SMILES string of the molecule is F/C=C/C=C1/CCC(CCC2CCCCC2)C/C1=C\F. The molecular weight excluding hydrogens is 254 g/mol. The average Bonchev–Trinajstić information content (AvgIpc) is 2.52. The second-order valence-corrected chi connectivity index (χ2v) is 6.33. The molecule has 0 aliphatic heterocycles. The first-order chi connectivity index (χ1) is 9.83. The second kappa shape index (κ2) is 8.39. The van der Waals surface area contributed by atoms with Crippen LogP contribution in [0, 0.1) is 11.8 Å². The monoisotopic (exact) mass is 280 g/mol. The molecule has 0 nitrogen and oxygen atoms in total. The lowest BCUT2D eigenvalue weighted by Gasteiger charge is -2.28. The summed E-state index contributed by atoms with van der Waals surface area (Å²) in [4.78, 5) is 0. The Balaban J connectivity index is 1.81. The topological polar surface area (TPSA) is 0 Å². The highest BCUT2D eigenvalue weighted by Crippen LogP contribution is 2.37. The van der Waals surface area contributed by atoms with E-state index in [-0.39, 0.29) is 0 Å². The van der Waals surface area contributed by atoms with Gasteiger partial charge in [-0.3, -0.25) is 0 Å². The number of halogens is 2. The summed E-state index contributed by atoms with van der Waals surface area (Å²) in [6.07, 6.45) is 16.7. The van der Waals surface area contributed by atoms with E-state index in [0.29, 0.717) is 12.2 Å². The van der Waals surface area contributed by atoms with Crippen LogP contribution < -0.4 is 0 Å². The van der Waals surface area contributed by atoms with E-state index in [2.05, 4.69) is 0 Å². The van der Waals surface area contributed by atoms with Crippen LogP contribution in [0.25, 0.3) is 0 Å². The first-order valence-corrected chi connectivity index (χ1v) is 8.09. The van der Waals surface area contributed by atoms with Gasteiger partial charge in [-0.1, -0.05) is 44.6 Å². The zero-order chi connectivity index (χ0) is 14.2. The molecule has 2 aliphatic rings. The molecule has 2 fully saturated rings. The molecule has 2 rings (SSSR count). The lowest BCUT2D eigenvalue weighted by molar-refractivity contribution is 0.296. The molecule has 0 aromatic rings. The molecule has 0 amide bonds. The van der Waals surface area contributed by atoms with E-state index < -0.39 is 0 Å². The van der Waals surface area contributed by atoms with Gasteiger partial charge < -0.3 is 0 Å². The summed E-state index contributed by atoms with van der Waals surface area (Å²) in [7, 11) is 0. The Morgan fingerprint density at radius 1 is 0.900 bits per heavy atom. The third-order valence-corrected chi connectivity index (χ3v) is 4.95. The second-order valence-electron chi connectivity index (χ2n) is 6.33. The summed E-state index contributed by atoms with van der Waals surface area (Å²) in [5, 5.41) is 0. The minimum atomic E-state index is 0.512. The van der Waals surface area contributed by atoms with Crippen molar-refractivity contribution in [2.45, 2.75) is 64.2 Å². The highest BCUT2D eigenvalue weighted by Gasteiger charge is 2.22. The fourth-order valence-electron chi connectivity index (χ4n) is 3.72. The molecule has 2 aliphatic carbocycles. The Morgan fingerprint density at radius 2 is 1.65 bits per heavy atom. The predicted molar refractivity (Wildman–Crippen MR) is 80.7 cm³/mol. The van der Waals surface area contributed by atoms with E-state index in [1.807, 2.05) is 0 Å². The molecule has 0 saturated heterocycles. The van der Waals surface area contributed by atoms with Crippen LogP contribution in [0.5, 0.6) is 0 Å². The molecule has 112 valence electrons. The van der Waals surface area contributed by atoms with Gasteiger partial charge in [0.05, 0.1) is 12.7 Å². The summed E-state index contributed by atoms with van der Waals surface area (Å²) < 4.78 is 25.0. The van der Waals surface area contributed by atoms with Crippen LogP contribution in [0.4, 0.5) is 8.78 Å². The maximum atomic E-state index is 13.0. The number of hydrogen-bond acceptors (Lipinski definition) is 0. The Bertz CT molecular complexity index is 373. The van der Waals surface area contributed by atoms with Gasteiger partial charge in [0.25, 0.3) is 0 Å². The summed E-state index contributed by atoms with van der Waals surface area (Å²) in [5.74, 6) is 1.53. The van der Waals surface area contributed by atoms with Crippen molar-refractivity contribution in [1.29, 1.82) is 0 Å². The minimum Gasteiger partial charge on any atom is -0.216 e. The number of hydrogen-bond donors (Lipinski definition) is 0. The molecule has 0 bridgehead atoms. The van der Waals surface area contributed by atoms with Gasteiger partial charge in [-0.15, -0.1) is 0 Å². The fourth-order valence-corrected chi connectivity index (χ4v) is 3.72. The van der Waals surface area contributed by atoms with Crippen molar-refractivity contribution in [1.82, 2.24) is 0 Å². The van der Waals surface area contributed by atoms with Crippen LogP contribution >= 0.6 is 0 Å². The lowest BCUT2D eigenvalue weighted by Crippen LogP contribution is -2.14. The molecule has 0 N–H and O–H groups in total. The van der Waals surface area contributed by atoms with Crippen LogP contribution in [-0.4, -0.2) is 0 Å². The molecular formula is C18H26F2. The zero-order valence-corrected chi connectivity index (χ0v) is 12.3. The summed E-state index contributed by atoms with van der Waals surface area (Å²) in [6.45, 7) is 0. The maximum Gasteiger partial charge on any atom is 0.0901 e. The van der Waals surface area contributed by atoms with E-state index in [4.69, 9.17) is 0 Å². The highest BCUT2D eigenvalue weighted by atomic mass is 19.1. The van der Waals surface area contributed by atoms with Gasteiger partial charge >= 0.3 is 0 Å². The van der Waals surface area contributed by atoms with Crippen LogP contribution in [0.15, 0.2) is 36.0 Å². The standard InChI is InChI=1S/C18H26F2/c19-12-4-7-17-11-10-16(13-18(17)14-20)9-8-15-5-2-1-3-6-15/h4,7,12,14-16H,1-3,5-6,8-11,13H2/b12-4+,17-7-,18-14+. The van der Waals surface area contributed by atoms with Crippen molar-refractivity contribution >= 4 is 0 Å². The molecule has 0 aromatic heterocycles. The van der Waals surface area contributed by atoms with Gasteiger partial charge in [0.2, 0.25) is 0 Å². The third kappa shape index (κ3) is 4.57. The molecule has 1 atom stereocenters. The van der Waals surface area contributed by atoms with E-state index >= 15 is 0 Å². The lowest BCUT2D eigenvalue weighted by atomic mass is 9.77. The molecule has 1 unspecified atom stereocenters. The summed E-state index contributed by atoms with van der Waals surface area (Å²) in [6, 6.07) is 0. The Hall–Kier alpha value is -0.920. The Labute approximate surface area is 121 Å². The minimum absolute atomic E-state index is 0.512. The normalized spacial score (nSPS) is 29.6.